The van der Waals surface area contributed by atoms with Crippen LogP contribution in [0, 0.1) is 6.92 Å². The van der Waals surface area contributed by atoms with Crippen molar-refractivity contribution in [3.8, 4) is 0 Å². The minimum Gasteiger partial charge on any atom is -0.388 e. The van der Waals surface area contributed by atoms with Crippen molar-refractivity contribution >= 4 is 33.6 Å². The van der Waals surface area contributed by atoms with Crippen LogP contribution in [0.15, 0.2) is 29.2 Å². The molecular formula is C22H34O6S3. The van der Waals surface area contributed by atoms with Crippen LogP contribution in [0.25, 0.3) is 0 Å². The van der Waals surface area contributed by atoms with E-state index in [2.05, 4.69) is 6.92 Å². The fourth-order valence-electron chi connectivity index (χ4n) is 4.15. The summed E-state index contributed by atoms with van der Waals surface area (Å²) in [6, 6.07) is 6.50. The van der Waals surface area contributed by atoms with Gasteiger partial charge in [0.1, 0.15) is 0 Å². The molecule has 0 bridgehead atoms. The van der Waals surface area contributed by atoms with Gasteiger partial charge in [0.05, 0.1) is 14.6 Å². The first-order chi connectivity index (χ1) is 14.5. The Labute approximate surface area is 194 Å². The molecule has 31 heavy (non-hydrogen) atoms. The Kier molecular flexibility index (Phi) is 8.10. The molecule has 0 saturated carbocycles. The molecule has 2 aliphatic rings. The first kappa shape index (κ1) is 25.3. The van der Waals surface area contributed by atoms with Crippen molar-refractivity contribution in [3.63, 3.8) is 0 Å². The molecule has 1 unspecified atom stereocenters. The molecule has 176 valence electrons. The first-order valence-corrected chi connectivity index (χ1v) is 14.3. The van der Waals surface area contributed by atoms with Crippen molar-refractivity contribution in [1.29, 1.82) is 0 Å². The molecule has 9 heteroatoms. The van der Waals surface area contributed by atoms with Crippen molar-refractivity contribution < 1.29 is 27.2 Å². The van der Waals surface area contributed by atoms with Crippen LogP contribution in [-0.2, 0) is 23.8 Å². The second kappa shape index (κ2) is 9.91. The maximum absolute atomic E-state index is 12.8. The maximum Gasteiger partial charge on any atom is 0.302 e. The van der Waals surface area contributed by atoms with E-state index in [-0.39, 0.29) is 15.4 Å². The number of hydrogen-bond donors (Lipinski definition) is 1. The molecule has 3 rings (SSSR count). The second-order valence-electron chi connectivity index (χ2n) is 8.52. The molecule has 1 N–H and O–H groups in total. The molecule has 0 aliphatic carbocycles. The molecule has 6 nitrogen and oxygen atoms in total. The normalized spacial score (nSPS) is 28.0. The number of benzene rings is 1. The molecule has 0 radical (unpaired) electrons. The number of aliphatic hydroxyl groups is 1. The van der Waals surface area contributed by atoms with Gasteiger partial charge in [-0.15, -0.1) is 23.5 Å². The minimum atomic E-state index is -4.04. The van der Waals surface area contributed by atoms with E-state index in [4.69, 9.17) is 13.7 Å². The highest BCUT2D eigenvalue weighted by atomic mass is 32.2. The third kappa shape index (κ3) is 5.80. The van der Waals surface area contributed by atoms with Crippen LogP contribution in [0.4, 0.5) is 0 Å². The van der Waals surface area contributed by atoms with Gasteiger partial charge in [-0.25, -0.2) is 4.18 Å². The predicted molar refractivity (Wildman–Crippen MR) is 125 cm³/mol. The zero-order valence-corrected chi connectivity index (χ0v) is 21.2. The summed E-state index contributed by atoms with van der Waals surface area (Å²) in [7, 11) is -4.04. The lowest BCUT2D eigenvalue weighted by molar-refractivity contribution is -0.515. The molecule has 0 amide bonds. The van der Waals surface area contributed by atoms with Crippen molar-refractivity contribution in [2.75, 3.05) is 11.5 Å². The zero-order valence-electron chi connectivity index (χ0n) is 18.8. The van der Waals surface area contributed by atoms with Gasteiger partial charge in [-0.2, -0.15) is 8.42 Å². The van der Waals surface area contributed by atoms with E-state index in [1.54, 1.807) is 19.1 Å². The lowest BCUT2D eigenvalue weighted by Crippen LogP contribution is -2.55. The van der Waals surface area contributed by atoms with Gasteiger partial charge < -0.3 is 5.11 Å². The molecule has 0 aromatic heterocycles. The Bertz CT molecular complexity index is 825. The number of hydrogen-bond acceptors (Lipinski definition) is 8. The summed E-state index contributed by atoms with van der Waals surface area (Å²) in [5.74, 6) is 0.422. The highest BCUT2D eigenvalue weighted by molar-refractivity contribution is 8.18. The third-order valence-electron chi connectivity index (χ3n) is 5.74. The summed E-state index contributed by atoms with van der Waals surface area (Å²) in [4.78, 5) is 0.0740. The van der Waals surface area contributed by atoms with Gasteiger partial charge in [0.15, 0.2) is 6.29 Å². The Balaban J connectivity index is 1.70. The molecule has 1 aromatic rings. The number of thioether (sulfide) groups is 2. The van der Waals surface area contributed by atoms with Gasteiger partial charge in [0.2, 0.25) is 0 Å². The maximum atomic E-state index is 12.8. The van der Waals surface area contributed by atoms with Crippen LogP contribution < -0.4 is 0 Å². The van der Waals surface area contributed by atoms with Crippen LogP contribution in [0.3, 0.4) is 0 Å². The van der Waals surface area contributed by atoms with Crippen molar-refractivity contribution in [1.82, 2.24) is 0 Å². The SMILES string of the molecule is CCCC(C)(O)C1(CCCC2(OS(=O)(=O)c3ccc(C)cc3)OC(C)O2)SCCCS1. The number of rotatable bonds is 10. The van der Waals surface area contributed by atoms with Crippen LogP contribution in [0.5, 0.6) is 0 Å². The Morgan fingerprint density at radius 2 is 1.81 bits per heavy atom. The zero-order chi connectivity index (χ0) is 22.8. The average molecular weight is 491 g/mol. The molecule has 1 atom stereocenters. The highest BCUT2D eigenvalue weighted by Crippen LogP contribution is 2.54. The van der Waals surface area contributed by atoms with Gasteiger partial charge in [0, 0.05) is 6.42 Å². The summed E-state index contributed by atoms with van der Waals surface area (Å²) in [5, 5.41) is 11.3. The number of ether oxygens (including phenoxy) is 2. The highest BCUT2D eigenvalue weighted by Gasteiger charge is 2.52. The van der Waals surface area contributed by atoms with Crippen molar-refractivity contribution in [2.45, 2.75) is 93.1 Å². The van der Waals surface area contributed by atoms with Crippen LogP contribution in [0.1, 0.15) is 64.9 Å². The monoisotopic (exact) mass is 490 g/mol. The molecule has 2 heterocycles. The standard InChI is InChI=1S/C22H34O6S3/c1-5-12-20(4,23)21(29-15-7-16-30-21)13-6-14-22(26-18(3)27-22)28-31(24,25)19-10-8-17(2)9-11-19/h8-11,18,23H,5-7,12-16H2,1-4H3. The quantitative estimate of drug-likeness (QED) is 0.457. The van der Waals surface area contributed by atoms with E-state index in [0.717, 1.165) is 36.3 Å². The van der Waals surface area contributed by atoms with Gasteiger partial charge in [-0.1, -0.05) is 31.0 Å². The lowest BCUT2D eigenvalue weighted by atomic mass is 9.91. The van der Waals surface area contributed by atoms with Gasteiger partial charge >= 0.3 is 16.1 Å². The molecular weight excluding hydrogens is 456 g/mol. The van der Waals surface area contributed by atoms with E-state index in [9.17, 15) is 13.5 Å². The van der Waals surface area contributed by atoms with E-state index in [1.165, 1.54) is 12.1 Å². The Morgan fingerprint density at radius 1 is 1.19 bits per heavy atom. The second-order valence-corrected chi connectivity index (χ2v) is 13.1. The molecule has 2 fully saturated rings. The first-order valence-electron chi connectivity index (χ1n) is 10.9. The molecule has 1 aromatic carbocycles. The lowest BCUT2D eigenvalue weighted by Gasteiger charge is -2.48. The molecule has 2 aliphatic heterocycles. The van der Waals surface area contributed by atoms with E-state index < -0.39 is 28.0 Å². The average Bonchev–Trinajstić information content (AvgIpc) is 2.67. The minimum absolute atomic E-state index is 0.0740. The van der Waals surface area contributed by atoms with Gasteiger partial charge in [-0.3, -0.25) is 9.47 Å². The van der Waals surface area contributed by atoms with E-state index in [1.807, 2.05) is 37.4 Å². The summed E-state index contributed by atoms with van der Waals surface area (Å²) in [5.41, 5.74) is 0.152. The van der Waals surface area contributed by atoms with Crippen molar-refractivity contribution in [2.24, 2.45) is 0 Å². The topological polar surface area (TPSA) is 82.1 Å². The summed E-state index contributed by atoms with van der Waals surface area (Å²) in [6.07, 6.45) is 3.83. The largest absolute Gasteiger partial charge is 0.388 e. The van der Waals surface area contributed by atoms with Gasteiger partial charge in [-0.05, 0) is 70.1 Å². The van der Waals surface area contributed by atoms with Crippen LogP contribution in [-0.4, -0.2) is 47.0 Å². The van der Waals surface area contributed by atoms with Gasteiger partial charge in [0.25, 0.3) is 0 Å². The summed E-state index contributed by atoms with van der Waals surface area (Å²) in [6.45, 7) is 7.61. The summed E-state index contributed by atoms with van der Waals surface area (Å²) >= 11 is 3.64. The van der Waals surface area contributed by atoms with E-state index >= 15 is 0 Å². The fraction of sp³-hybridized carbons (Fsp3) is 0.727. The smallest absolute Gasteiger partial charge is 0.302 e. The van der Waals surface area contributed by atoms with Crippen LogP contribution in [0.2, 0.25) is 0 Å². The third-order valence-corrected chi connectivity index (χ3v) is 11.0. The fourth-order valence-corrected chi connectivity index (χ4v) is 8.87. The predicted octanol–water partition coefficient (Wildman–Crippen LogP) is 5.03. The molecule has 0 spiro atoms. The molecule has 2 saturated heterocycles. The van der Waals surface area contributed by atoms with E-state index in [0.29, 0.717) is 12.8 Å². The van der Waals surface area contributed by atoms with Crippen LogP contribution >= 0.6 is 23.5 Å². The Morgan fingerprint density at radius 3 is 2.35 bits per heavy atom. The van der Waals surface area contributed by atoms with Crippen molar-refractivity contribution in [3.05, 3.63) is 29.8 Å². The number of aryl methyl sites for hydroxylation is 1. The summed E-state index contributed by atoms with van der Waals surface area (Å²) < 4.78 is 42.1. The Hall–Kier alpha value is -0.290.